The number of hydrogen-bond acceptors (Lipinski definition) is 5. The molecule has 2 aromatic heterocycles. The van der Waals surface area contributed by atoms with Crippen LogP contribution in [-0.2, 0) is 13.1 Å². The van der Waals surface area contributed by atoms with Crippen LogP contribution in [0.2, 0.25) is 0 Å². The van der Waals surface area contributed by atoms with Gasteiger partial charge in [-0.15, -0.1) is 23.7 Å². The lowest BCUT2D eigenvalue weighted by Crippen LogP contribution is -2.35. The van der Waals surface area contributed by atoms with Gasteiger partial charge in [-0.1, -0.05) is 6.07 Å². The van der Waals surface area contributed by atoms with Gasteiger partial charge in [0.15, 0.2) is 0 Å². The number of aromatic nitrogens is 2. The second-order valence-electron chi connectivity index (χ2n) is 5.94. The van der Waals surface area contributed by atoms with Crippen molar-refractivity contribution in [2.24, 2.45) is 0 Å². The molecule has 4 nitrogen and oxygen atoms in total. The van der Waals surface area contributed by atoms with Gasteiger partial charge in [-0.2, -0.15) is 0 Å². The second-order valence-corrected chi connectivity index (χ2v) is 6.89. The first-order valence-corrected chi connectivity index (χ1v) is 8.95. The Labute approximate surface area is 148 Å². The summed E-state index contributed by atoms with van der Waals surface area (Å²) in [5.74, 6) is 0. The number of nitrogens with zero attached hydrogens (tertiary/aromatic N) is 3. The molecular formula is C17H25ClN4S. The molecular weight excluding hydrogens is 328 g/mol. The van der Waals surface area contributed by atoms with Gasteiger partial charge in [0.05, 0.1) is 12.2 Å². The zero-order chi connectivity index (χ0) is 15.2. The Morgan fingerprint density at radius 1 is 1.26 bits per heavy atom. The third-order valence-electron chi connectivity index (χ3n) is 4.16. The molecule has 0 spiro atoms. The predicted molar refractivity (Wildman–Crippen MR) is 98.1 cm³/mol. The quantitative estimate of drug-likeness (QED) is 0.895. The molecule has 2 aromatic rings. The van der Waals surface area contributed by atoms with Gasteiger partial charge in [0, 0.05) is 29.9 Å². The van der Waals surface area contributed by atoms with E-state index >= 15 is 0 Å². The fourth-order valence-electron chi connectivity index (χ4n) is 3.03. The van der Waals surface area contributed by atoms with Gasteiger partial charge in [-0.25, -0.2) is 4.98 Å². The zero-order valence-electron chi connectivity index (χ0n) is 13.6. The number of nitrogens with one attached hydrogen (secondary N) is 1. The van der Waals surface area contributed by atoms with Crippen LogP contribution in [0.3, 0.4) is 0 Å². The van der Waals surface area contributed by atoms with E-state index in [1.165, 1.54) is 24.3 Å². The topological polar surface area (TPSA) is 41.1 Å². The van der Waals surface area contributed by atoms with Crippen LogP contribution in [0.1, 0.15) is 35.7 Å². The number of aryl methyl sites for hydroxylation is 1. The maximum atomic E-state index is 4.65. The molecule has 1 unspecified atom stereocenters. The molecule has 1 saturated heterocycles. The molecule has 1 aliphatic rings. The van der Waals surface area contributed by atoms with E-state index < -0.39 is 0 Å². The maximum Gasteiger partial charge on any atom is 0.107 e. The van der Waals surface area contributed by atoms with Crippen LogP contribution >= 0.6 is 23.7 Å². The van der Waals surface area contributed by atoms with E-state index in [9.17, 15) is 0 Å². The molecule has 23 heavy (non-hydrogen) atoms. The van der Waals surface area contributed by atoms with Crippen LogP contribution in [0.25, 0.3) is 0 Å². The van der Waals surface area contributed by atoms with Crippen molar-refractivity contribution in [3.8, 4) is 0 Å². The van der Waals surface area contributed by atoms with Crippen molar-refractivity contribution in [3.63, 3.8) is 0 Å². The monoisotopic (exact) mass is 352 g/mol. The van der Waals surface area contributed by atoms with Crippen LogP contribution < -0.4 is 5.32 Å². The van der Waals surface area contributed by atoms with Crippen LogP contribution in [0.15, 0.2) is 29.8 Å². The highest BCUT2D eigenvalue weighted by Gasteiger charge is 2.21. The first kappa shape index (κ1) is 18.3. The predicted octanol–water partition coefficient (Wildman–Crippen LogP) is 3.41. The summed E-state index contributed by atoms with van der Waals surface area (Å²) in [4.78, 5) is 11.7. The summed E-state index contributed by atoms with van der Waals surface area (Å²) in [5.41, 5.74) is 2.27. The molecule has 0 radical (unpaired) electrons. The largest absolute Gasteiger partial charge is 0.317 e. The normalized spacial score (nSPS) is 18.4. The maximum absolute atomic E-state index is 4.65. The fourth-order valence-corrected chi connectivity index (χ4v) is 3.83. The minimum Gasteiger partial charge on any atom is -0.317 e. The van der Waals surface area contributed by atoms with Crippen molar-refractivity contribution in [2.75, 3.05) is 13.1 Å². The summed E-state index contributed by atoms with van der Waals surface area (Å²) in [6.07, 6.45) is 5.59. The van der Waals surface area contributed by atoms with E-state index in [4.69, 9.17) is 0 Å². The van der Waals surface area contributed by atoms with Crippen molar-refractivity contribution in [3.05, 3.63) is 46.2 Å². The van der Waals surface area contributed by atoms with Crippen LogP contribution in [0.4, 0.5) is 0 Å². The lowest BCUT2D eigenvalue weighted by molar-refractivity contribution is 0.162. The molecule has 1 N–H and O–H groups in total. The summed E-state index contributed by atoms with van der Waals surface area (Å²) in [6.45, 7) is 6.16. The van der Waals surface area contributed by atoms with Crippen molar-refractivity contribution in [2.45, 2.75) is 45.3 Å². The van der Waals surface area contributed by atoms with Gasteiger partial charge in [0.25, 0.3) is 0 Å². The van der Waals surface area contributed by atoms with Gasteiger partial charge in [-0.05, 0) is 51.4 Å². The number of hydrogen-bond donors (Lipinski definition) is 1. The smallest absolute Gasteiger partial charge is 0.107 e. The summed E-state index contributed by atoms with van der Waals surface area (Å²) in [5, 5.41) is 6.86. The Kier molecular flexibility index (Phi) is 7.43. The molecule has 3 heterocycles. The third-order valence-corrected chi connectivity index (χ3v) is 5.11. The van der Waals surface area contributed by atoms with Gasteiger partial charge in [0.2, 0.25) is 0 Å². The molecule has 0 aliphatic carbocycles. The Bertz CT molecular complexity index is 567. The van der Waals surface area contributed by atoms with E-state index in [0.29, 0.717) is 6.04 Å². The summed E-state index contributed by atoms with van der Waals surface area (Å²) in [6, 6.07) is 6.78. The van der Waals surface area contributed by atoms with Gasteiger partial charge < -0.3 is 5.32 Å². The molecule has 0 aromatic carbocycles. The van der Waals surface area contributed by atoms with Crippen molar-refractivity contribution < 1.29 is 0 Å². The summed E-state index contributed by atoms with van der Waals surface area (Å²) in [7, 11) is 0. The highest BCUT2D eigenvalue weighted by Crippen LogP contribution is 2.20. The molecule has 0 amide bonds. The van der Waals surface area contributed by atoms with E-state index in [1.807, 2.05) is 12.3 Å². The van der Waals surface area contributed by atoms with E-state index in [-0.39, 0.29) is 12.4 Å². The Hall–Kier alpha value is -1.01. The zero-order valence-corrected chi connectivity index (χ0v) is 15.2. The van der Waals surface area contributed by atoms with Crippen LogP contribution in [0, 0.1) is 6.92 Å². The number of halogens is 1. The first-order valence-electron chi connectivity index (χ1n) is 8.07. The van der Waals surface area contributed by atoms with Crippen molar-refractivity contribution >= 4 is 23.7 Å². The van der Waals surface area contributed by atoms with E-state index in [1.54, 1.807) is 11.3 Å². The molecule has 0 bridgehead atoms. The molecule has 1 atom stereocenters. The molecule has 1 fully saturated rings. The number of thiazole rings is 1. The lowest BCUT2D eigenvalue weighted by atomic mass is 10.1. The second kappa shape index (κ2) is 9.33. The molecule has 6 heteroatoms. The Morgan fingerprint density at radius 2 is 2.17 bits per heavy atom. The highest BCUT2D eigenvalue weighted by atomic mass is 35.5. The average Bonchev–Trinajstić information content (AvgIpc) is 2.78. The van der Waals surface area contributed by atoms with Crippen molar-refractivity contribution in [1.29, 1.82) is 0 Å². The molecule has 1 aliphatic heterocycles. The van der Waals surface area contributed by atoms with Gasteiger partial charge in [0.1, 0.15) is 5.01 Å². The fraction of sp³-hybridized carbons (Fsp3) is 0.529. The third kappa shape index (κ3) is 5.53. The SMILES string of the molecule is Cc1csc(CN(Cc2ccccn2)C2CCCNCC2)n1.Cl. The highest BCUT2D eigenvalue weighted by molar-refractivity contribution is 7.09. The van der Waals surface area contributed by atoms with E-state index in [0.717, 1.165) is 37.6 Å². The average molecular weight is 353 g/mol. The molecule has 126 valence electrons. The Morgan fingerprint density at radius 3 is 2.91 bits per heavy atom. The van der Waals surface area contributed by atoms with Gasteiger partial charge in [-0.3, -0.25) is 9.88 Å². The lowest BCUT2D eigenvalue weighted by Gasteiger charge is -2.30. The molecule has 0 saturated carbocycles. The minimum absolute atomic E-state index is 0. The van der Waals surface area contributed by atoms with Crippen LogP contribution in [-0.4, -0.2) is 34.0 Å². The van der Waals surface area contributed by atoms with Crippen molar-refractivity contribution in [1.82, 2.24) is 20.2 Å². The number of rotatable bonds is 5. The standard InChI is InChI=1S/C17H24N4S.ClH/c1-14-13-22-17(20-14)12-21(11-15-5-2-3-9-19-15)16-6-4-8-18-10-7-16;/h2-3,5,9,13,16,18H,4,6-8,10-12H2,1H3;1H. The first-order chi connectivity index (χ1) is 10.8. The summed E-state index contributed by atoms with van der Waals surface area (Å²) >= 11 is 1.77. The Balaban J connectivity index is 0.00000192. The molecule has 3 rings (SSSR count). The van der Waals surface area contributed by atoms with Gasteiger partial charge >= 0.3 is 0 Å². The number of pyridine rings is 1. The minimum atomic E-state index is 0. The summed E-state index contributed by atoms with van der Waals surface area (Å²) < 4.78 is 0. The van der Waals surface area contributed by atoms with Crippen LogP contribution in [0.5, 0.6) is 0 Å². The van der Waals surface area contributed by atoms with E-state index in [2.05, 4.69) is 44.6 Å².